The standard InChI is InChI=1S/C12H15NO4/c13-11-9(12(14)15)4-1-5-10(11)17-7-8-3-2-6-16-8/h1,4-5,8H,2-3,6-7,13H2,(H,14,15). The highest BCUT2D eigenvalue weighted by molar-refractivity contribution is 5.95. The van der Waals surface area contributed by atoms with Crippen molar-refractivity contribution in [2.75, 3.05) is 18.9 Å². The number of ether oxygens (including phenoxy) is 2. The average Bonchev–Trinajstić information content (AvgIpc) is 2.80. The molecule has 0 aromatic heterocycles. The largest absolute Gasteiger partial charge is 0.489 e. The van der Waals surface area contributed by atoms with Gasteiger partial charge >= 0.3 is 5.97 Å². The molecule has 0 aliphatic carbocycles. The van der Waals surface area contributed by atoms with Crippen LogP contribution in [0, 0.1) is 0 Å². The molecule has 0 bridgehead atoms. The van der Waals surface area contributed by atoms with Crippen molar-refractivity contribution in [2.24, 2.45) is 0 Å². The van der Waals surface area contributed by atoms with Gasteiger partial charge in [-0.3, -0.25) is 0 Å². The van der Waals surface area contributed by atoms with Crippen LogP contribution >= 0.6 is 0 Å². The maximum absolute atomic E-state index is 10.9. The van der Waals surface area contributed by atoms with Crippen LogP contribution in [0.2, 0.25) is 0 Å². The zero-order valence-corrected chi connectivity index (χ0v) is 9.39. The van der Waals surface area contributed by atoms with Crippen LogP contribution in [0.15, 0.2) is 18.2 Å². The van der Waals surface area contributed by atoms with Crippen LogP contribution in [0.25, 0.3) is 0 Å². The number of hydrogen-bond acceptors (Lipinski definition) is 4. The number of carboxylic acid groups (broad SMARTS) is 1. The molecule has 1 heterocycles. The second-order valence-corrected chi connectivity index (χ2v) is 3.97. The van der Waals surface area contributed by atoms with Crippen molar-refractivity contribution >= 4 is 11.7 Å². The molecule has 1 aromatic carbocycles. The van der Waals surface area contributed by atoms with Gasteiger partial charge in [0.05, 0.1) is 17.4 Å². The molecule has 1 fully saturated rings. The van der Waals surface area contributed by atoms with E-state index in [1.165, 1.54) is 6.07 Å². The number of rotatable bonds is 4. The number of para-hydroxylation sites is 1. The van der Waals surface area contributed by atoms with Crippen LogP contribution in [0.3, 0.4) is 0 Å². The molecule has 92 valence electrons. The molecule has 0 saturated carbocycles. The summed E-state index contributed by atoms with van der Waals surface area (Å²) in [6.07, 6.45) is 2.10. The third-order valence-corrected chi connectivity index (χ3v) is 2.75. The smallest absolute Gasteiger partial charge is 0.337 e. The molecule has 1 aliphatic heterocycles. The summed E-state index contributed by atoms with van der Waals surface area (Å²) in [5.41, 5.74) is 5.95. The third kappa shape index (κ3) is 2.68. The molecule has 5 heteroatoms. The van der Waals surface area contributed by atoms with Gasteiger partial charge in [0, 0.05) is 6.61 Å². The van der Waals surface area contributed by atoms with E-state index >= 15 is 0 Å². The molecule has 1 aromatic rings. The van der Waals surface area contributed by atoms with Crippen LogP contribution in [0.1, 0.15) is 23.2 Å². The van der Waals surface area contributed by atoms with E-state index in [0.717, 1.165) is 19.4 Å². The lowest BCUT2D eigenvalue weighted by Crippen LogP contribution is -2.17. The maximum Gasteiger partial charge on any atom is 0.337 e. The van der Waals surface area contributed by atoms with E-state index in [2.05, 4.69) is 0 Å². The molecule has 0 spiro atoms. The zero-order chi connectivity index (χ0) is 12.3. The van der Waals surface area contributed by atoms with Gasteiger partial charge < -0.3 is 20.3 Å². The lowest BCUT2D eigenvalue weighted by atomic mass is 10.1. The summed E-state index contributed by atoms with van der Waals surface area (Å²) >= 11 is 0. The molecular weight excluding hydrogens is 222 g/mol. The minimum atomic E-state index is -1.05. The number of aromatic carboxylic acids is 1. The molecule has 1 atom stereocenters. The van der Waals surface area contributed by atoms with Gasteiger partial charge in [0.15, 0.2) is 0 Å². The molecule has 17 heavy (non-hydrogen) atoms. The van der Waals surface area contributed by atoms with Crippen molar-refractivity contribution in [3.05, 3.63) is 23.8 Å². The van der Waals surface area contributed by atoms with Crippen LogP contribution in [0.4, 0.5) is 5.69 Å². The van der Waals surface area contributed by atoms with Gasteiger partial charge in [0.2, 0.25) is 0 Å². The minimum absolute atomic E-state index is 0.0647. The van der Waals surface area contributed by atoms with E-state index in [9.17, 15) is 4.79 Å². The molecule has 2 rings (SSSR count). The molecular formula is C12H15NO4. The van der Waals surface area contributed by atoms with Crippen molar-refractivity contribution in [3.8, 4) is 5.75 Å². The number of carbonyl (C=O) groups is 1. The van der Waals surface area contributed by atoms with E-state index in [0.29, 0.717) is 12.4 Å². The Morgan fingerprint density at radius 2 is 2.41 bits per heavy atom. The summed E-state index contributed by atoms with van der Waals surface area (Å²) in [5, 5.41) is 8.91. The first kappa shape index (κ1) is 11.7. The number of benzene rings is 1. The zero-order valence-electron chi connectivity index (χ0n) is 9.39. The molecule has 0 amide bonds. The Kier molecular flexibility index (Phi) is 3.49. The lowest BCUT2D eigenvalue weighted by molar-refractivity contribution is 0.0676. The molecule has 3 N–H and O–H groups in total. The normalized spacial score (nSPS) is 19.2. The fourth-order valence-corrected chi connectivity index (χ4v) is 1.81. The minimum Gasteiger partial charge on any atom is -0.489 e. The predicted octanol–water partition coefficient (Wildman–Crippen LogP) is 1.52. The van der Waals surface area contributed by atoms with Gasteiger partial charge in [-0.15, -0.1) is 0 Å². The highest BCUT2D eigenvalue weighted by Gasteiger charge is 2.17. The first-order valence-corrected chi connectivity index (χ1v) is 5.54. The number of nitrogens with two attached hydrogens (primary N) is 1. The maximum atomic E-state index is 10.9. The van der Waals surface area contributed by atoms with Crippen LogP contribution in [-0.2, 0) is 4.74 Å². The first-order chi connectivity index (χ1) is 8.18. The quantitative estimate of drug-likeness (QED) is 0.776. The fourth-order valence-electron chi connectivity index (χ4n) is 1.81. The summed E-state index contributed by atoms with van der Waals surface area (Å²) in [6.45, 7) is 1.17. The Labute approximate surface area is 99.1 Å². The Balaban J connectivity index is 2.04. The van der Waals surface area contributed by atoms with Crippen LogP contribution in [0.5, 0.6) is 5.75 Å². The topological polar surface area (TPSA) is 81.8 Å². The van der Waals surface area contributed by atoms with E-state index in [1.807, 2.05) is 0 Å². The number of carboxylic acids is 1. The van der Waals surface area contributed by atoms with Crippen LogP contribution in [-0.4, -0.2) is 30.4 Å². The highest BCUT2D eigenvalue weighted by Crippen LogP contribution is 2.26. The van der Waals surface area contributed by atoms with Gasteiger partial charge in [-0.2, -0.15) is 0 Å². The third-order valence-electron chi connectivity index (χ3n) is 2.75. The van der Waals surface area contributed by atoms with E-state index in [1.54, 1.807) is 12.1 Å². The first-order valence-electron chi connectivity index (χ1n) is 5.54. The SMILES string of the molecule is Nc1c(OCC2CCCO2)cccc1C(=O)O. The van der Waals surface area contributed by atoms with Crippen molar-refractivity contribution in [1.29, 1.82) is 0 Å². The average molecular weight is 237 g/mol. The number of anilines is 1. The molecule has 1 saturated heterocycles. The van der Waals surface area contributed by atoms with Crippen LogP contribution < -0.4 is 10.5 Å². The van der Waals surface area contributed by atoms with E-state index < -0.39 is 5.97 Å². The Bertz CT molecular complexity index is 413. The summed E-state index contributed by atoms with van der Waals surface area (Å²) in [6, 6.07) is 4.73. The highest BCUT2D eigenvalue weighted by atomic mass is 16.5. The second kappa shape index (κ2) is 5.05. The monoisotopic (exact) mass is 237 g/mol. The van der Waals surface area contributed by atoms with E-state index in [-0.39, 0.29) is 17.4 Å². The van der Waals surface area contributed by atoms with Crippen molar-refractivity contribution in [1.82, 2.24) is 0 Å². The van der Waals surface area contributed by atoms with Gasteiger partial charge in [-0.25, -0.2) is 4.79 Å². The molecule has 1 aliphatic rings. The van der Waals surface area contributed by atoms with Crippen molar-refractivity contribution in [3.63, 3.8) is 0 Å². The summed E-state index contributed by atoms with van der Waals surface area (Å²) < 4.78 is 10.9. The summed E-state index contributed by atoms with van der Waals surface area (Å²) in [7, 11) is 0. The van der Waals surface area contributed by atoms with Gasteiger partial charge in [0.25, 0.3) is 0 Å². The Morgan fingerprint density at radius 3 is 3.06 bits per heavy atom. The van der Waals surface area contributed by atoms with Gasteiger partial charge in [0.1, 0.15) is 12.4 Å². The lowest BCUT2D eigenvalue weighted by Gasteiger charge is -2.13. The Hall–Kier alpha value is -1.75. The predicted molar refractivity (Wildman–Crippen MR) is 62.3 cm³/mol. The number of nitrogen functional groups attached to an aromatic ring is 1. The van der Waals surface area contributed by atoms with Gasteiger partial charge in [-0.05, 0) is 25.0 Å². The molecule has 0 radical (unpaired) electrons. The Morgan fingerprint density at radius 1 is 1.59 bits per heavy atom. The summed E-state index contributed by atoms with van der Waals surface area (Å²) in [5.74, 6) is -0.648. The molecule has 1 unspecified atom stereocenters. The van der Waals surface area contributed by atoms with E-state index in [4.69, 9.17) is 20.3 Å². The van der Waals surface area contributed by atoms with Crippen molar-refractivity contribution in [2.45, 2.75) is 18.9 Å². The van der Waals surface area contributed by atoms with Gasteiger partial charge in [-0.1, -0.05) is 6.07 Å². The van der Waals surface area contributed by atoms with Crippen molar-refractivity contribution < 1.29 is 19.4 Å². The molecule has 5 nitrogen and oxygen atoms in total. The number of hydrogen-bond donors (Lipinski definition) is 2. The fraction of sp³-hybridized carbons (Fsp3) is 0.417. The second-order valence-electron chi connectivity index (χ2n) is 3.97. The summed E-state index contributed by atoms with van der Waals surface area (Å²) in [4.78, 5) is 10.9.